The van der Waals surface area contributed by atoms with E-state index in [1.165, 1.54) is 25.0 Å². The van der Waals surface area contributed by atoms with Gasteiger partial charge in [0, 0.05) is 36.8 Å². The number of benzene rings is 2. The van der Waals surface area contributed by atoms with E-state index in [9.17, 15) is 18.0 Å². The van der Waals surface area contributed by atoms with Gasteiger partial charge in [-0.05, 0) is 67.3 Å². The summed E-state index contributed by atoms with van der Waals surface area (Å²) in [5.41, 5.74) is 3.25. The summed E-state index contributed by atoms with van der Waals surface area (Å²) in [6.45, 7) is 6.41. The van der Waals surface area contributed by atoms with Gasteiger partial charge in [0.15, 0.2) is 0 Å². The van der Waals surface area contributed by atoms with Crippen LogP contribution in [-0.4, -0.2) is 39.9 Å². The summed E-state index contributed by atoms with van der Waals surface area (Å²) >= 11 is 0. The molecule has 3 rings (SSSR count). The van der Waals surface area contributed by atoms with Crippen molar-refractivity contribution < 1.29 is 18.0 Å². The molecule has 2 aromatic carbocycles. The normalized spacial score (nSPS) is 15.5. The summed E-state index contributed by atoms with van der Waals surface area (Å²) in [7, 11) is -3.72. The molecule has 0 unspecified atom stereocenters. The molecule has 0 fully saturated rings. The van der Waals surface area contributed by atoms with Crippen LogP contribution in [0.1, 0.15) is 67.4 Å². The van der Waals surface area contributed by atoms with E-state index in [0.717, 1.165) is 42.6 Å². The molecule has 36 heavy (non-hydrogen) atoms. The largest absolute Gasteiger partial charge is 0.352 e. The standard InChI is InChI=1S/C27H38N4O4S/c1-20(2)27(33)31-17-7-5-3-4-6-15-29-19-23-18-22(10-13-25(23)31)26(32)30-16-14-21-8-11-24(12-9-21)36(28,34)35/h8-13,18,20,29H,3-7,14-17,19H2,1-2H3,(H,30,32)(H2,28,34,35). The molecule has 1 aliphatic heterocycles. The van der Waals surface area contributed by atoms with Gasteiger partial charge in [-0.3, -0.25) is 9.59 Å². The number of anilines is 1. The Hall–Kier alpha value is -2.75. The van der Waals surface area contributed by atoms with Gasteiger partial charge >= 0.3 is 0 Å². The first-order chi connectivity index (χ1) is 17.2. The third-order valence-electron chi connectivity index (χ3n) is 6.39. The maximum absolute atomic E-state index is 13.0. The van der Waals surface area contributed by atoms with E-state index in [0.29, 0.717) is 31.6 Å². The Morgan fingerprint density at radius 2 is 1.72 bits per heavy atom. The van der Waals surface area contributed by atoms with E-state index in [4.69, 9.17) is 5.14 Å². The maximum atomic E-state index is 13.0. The highest BCUT2D eigenvalue weighted by Crippen LogP contribution is 2.25. The van der Waals surface area contributed by atoms with Crippen LogP contribution in [0.5, 0.6) is 0 Å². The van der Waals surface area contributed by atoms with Gasteiger partial charge in [-0.25, -0.2) is 13.6 Å². The molecule has 2 amide bonds. The van der Waals surface area contributed by atoms with Crippen LogP contribution in [0.2, 0.25) is 0 Å². The number of nitrogens with two attached hydrogens (primary N) is 1. The lowest BCUT2D eigenvalue weighted by molar-refractivity contribution is -0.121. The average molecular weight is 515 g/mol. The topological polar surface area (TPSA) is 122 Å². The minimum atomic E-state index is -3.72. The highest BCUT2D eigenvalue weighted by molar-refractivity contribution is 7.89. The molecule has 0 bridgehead atoms. The van der Waals surface area contributed by atoms with E-state index < -0.39 is 10.0 Å². The summed E-state index contributed by atoms with van der Waals surface area (Å²) in [6, 6.07) is 11.9. The fourth-order valence-corrected chi connectivity index (χ4v) is 4.85. The molecular formula is C27H38N4O4S. The van der Waals surface area contributed by atoms with Gasteiger partial charge in [-0.15, -0.1) is 0 Å². The van der Waals surface area contributed by atoms with Gasteiger partial charge in [0.2, 0.25) is 15.9 Å². The van der Waals surface area contributed by atoms with Crippen molar-refractivity contribution in [3.63, 3.8) is 0 Å². The molecule has 0 radical (unpaired) electrons. The van der Waals surface area contributed by atoms with Crippen molar-refractivity contribution in [2.45, 2.75) is 63.8 Å². The second kappa shape index (κ2) is 13.0. The lowest BCUT2D eigenvalue weighted by atomic mass is 10.0. The number of hydrogen-bond acceptors (Lipinski definition) is 5. The third-order valence-corrected chi connectivity index (χ3v) is 7.32. The Bertz CT molecular complexity index is 1150. The van der Waals surface area contributed by atoms with Crippen LogP contribution in [0.15, 0.2) is 47.4 Å². The van der Waals surface area contributed by atoms with Gasteiger partial charge in [-0.2, -0.15) is 0 Å². The Labute approximate surface area is 214 Å². The summed E-state index contributed by atoms with van der Waals surface area (Å²) in [5.74, 6) is -0.202. The van der Waals surface area contributed by atoms with Gasteiger partial charge in [0.1, 0.15) is 0 Å². The Balaban J connectivity index is 1.72. The first-order valence-electron chi connectivity index (χ1n) is 12.7. The van der Waals surface area contributed by atoms with E-state index >= 15 is 0 Å². The number of rotatable bonds is 6. The predicted octanol–water partition coefficient (Wildman–Crippen LogP) is 3.35. The lowest BCUT2D eigenvalue weighted by Gasteiger charge is -2.28. The summed E-state index contributed by atoms with van der Waals surface area (Å²) < 4.78 is 22.8. The van der Waals surface area contributed by atoms with Crippen molar-refractivity contribution in [1.29, 1.82) is 0 Å². The molecule has 0 aliphatic carbocycles. The first-order valence-corrected chi connectivity index (χ1v) is 14.3. The van der Waals surface area contributed by atoms with Crippen LogP contribution >= 0.6 is 0 Å². The van der Waals surface area contributed by atoms with Crippen molar-refractivity contribution >= 4 is 27.5 Å². The minimum absolute atomic E-state index is 0.0625. The zero-order valence-corrected chi connectivity index (χ0v) is 22.1. The van der Waals surface area contributed by atoms with E-state index in [-0.39, 0.29) is 22.6 Å². The van der Waals surface area contributed by atoms with E-state index in [1.54, 1.807) is 18.2 Å². The van der Waals surface area contributed by atoms with Gasteiger partial charge in [0.05, 0.1) is 4.90 Å². The van der Waals surface area contributed by atoms with E-state index in [2.05, 4.69) is 10.6 Å². The van der Waals surface area contributed by atoms with Crippen molar-refractivity contribution in [2.24, 2.45) is 11.1 Å². The fraction of sp³-hybridized carbons (Fsp3) is 0.481. The molecule has 0 spiro atoms. The Morgan fingerprint density at radius 3 is 2.42 bits per heavy atom. The number of primary sulfonamides is 1. The summed E-state index contributed by atoms with van der Waals surface area (Å²) in [6.07, 6.45) is 6.08. The van der Waals surface area contributed by atoms with Crippen LogP contribution < -0.4 is 20.7 Å². The van der Waals surface area contributed by atoms with Crippen LogP contribution in [0.25, 0.3) is 0 Å². The van der Waals surface area contributed by atoms with Gasteiger partial charge in [-0.1, -0.05) is 45.2 Å². The second-order valence-corrected chi connectivity index (χ2v) is 11.2. The van der Waals surface area contributed by atoms with Gasteiger partial charge < -0.3 is 15.5 Å². The fourth-order valence-electron chi connectivity index (χ4n) is 4.33. The minimum Gasteiger partial charge on any atom is -0.352 e. The van der Waals surface area contributed by atoms with Crippen molar-refractivity contribution in [3.05, 3.63) is 59.2 Å². The third kappa shape index (κ3) is 7.88. The molecule has 1 aliphatic rings. The number of carbonyl (C=O) groups excluding carboxylic acids is 2. The number of sulfonamides is 1. The molecular weight excluding hydrogens is 476 g/mol. The molecule has 0 saturated carbocycles. The second-order valence-electron chi connectivity index (χ2n) is 9.63. The number of amides is 2. The number of hydrogen-bond donors (Lipinski definition) is 3. The molecule has 1 heterocycles. The number of nitrogens with one attached hydrogen (secondary N) is 2. The SMILES string of the molecule is CC(C)C(=O)N1CCCCCCCNCc2cc(C(=O)NCCc3ccc(S(N)(=O)=O)cc3)ccc21. The lowest BCUT2D eigenvalue weighted by Crippen LogP contribution is -2.36. The molecule has 4 N–H and O–H groups in total. The molecule has 0 atom stereocenters. The van der Waals surface area contributed by atoms with Crippen molar-refractivity contribution in [1.82, 2.24) is 10.6 Å². The van der Waals surface area contributed by atoms with Crippen LogP contribution in [0.3, 0.4) is 0 Å². The van der Waals surface area contributed by atoms with Gasteiger partial charge in [0.25, 0.3) is 5.91 Å². The first kappa shape index (κ1) is 27.8. The summed E-state index contributed by atoms with van der Waals surface area (Å²) in [4.78, 5) is 27.9. The highest BCUT2D eigenvalue weighted by atomic mass is 32.2. The Kier molecular flexibility index (Phi) is 10.0. The number of carbonyl (C=O) groups is 2. The quantitative estimate of drug-likeness (QED) is 0.546. The smallest absolute Gasteiger partial charge is 0.251 e. The summed E-state index contributed by atoms with van der Waals surface area (Å²) in [5, 5.41) is 11.5. The molecule has 9 heteroatoms. The highest BCUT2D eigenvalue weighted by Gasteiger charge is 2.22. The predicted molar refractivity (Wildman–Crippen MR) is 142 cm³/mol. The number of fused-ring (bicyclic) bond motifs is 1. The molecule has 2 aromatic rings. The maximum Gasteiger partial charge on any atom is 0.251 e. The van der Waals surface area contributed by atoms with Crippen LogP contribution in [0.4, 0.5) is 5.69 Å². The van der Waals surface area contributed by atoms with Crippen molar-refractivity contribution in [3.8, 4) is 0 Å². The van der Waals surface area contributed by atoms with Crippen LogP contribution in [-0.2, 0) is 27.8 Å². The molecule has 0 saturated heterocycles. The molecule has 196 valence electrons. The van der Waals surface area contributed by atoms with Crippen LogP contribution in [0, 0.1) is 5.92 Å². The van der Waals surface area contributed by atoms with Crippen molar-refractivity contribution in [2.75, 3.05) is 24.5 Å². The zero-order chi connectivity index (χ0) is 26.1. The molecule has 8 nitrogen and oxygen atoms in total. The monoisotopic (exact) mass is 514 g/mol. The molecule has 0 aromatic heterocycles. The zero-order valence-electron chi connectivity index (χ0n) is 21.3. The average Bonchev–Trinajstić information content (AvgIpc) is 2.83. The number of nitrogens with zero attached hydrogens (tertiary/aromatic N) is 1. The Morgan fingerprint density at radius 1 is 1.03 bits per heavy atom. The van der Waals surface area contributed by atoms with E-state index in [1.807, 2.05) is 30.9 Å².